The second-order valence-electron chi connectivity index (χ2n) is 10.1. The molecule has 230 valence electrons. The highest BCUT2D eigenvalue weighted by molar-refractivity contribution is 5.76. The molecule has 3 rings (SSSR count). The zero-order valence-electron chi connectivity index (χ0n) is 23.0. The summed E-state index contributed by atoms with van der Waals surface area (Å²) in [6.07, 6.45) is -17.6. The predicted molar refractivity (Wildman–Crippen MR) is 137 cm³/mol. The molecule has 42 heavy (non-hydrogen) atoms. The second kappa shape index (κ2) is 12.3. The molecule has 1 heterocycles. The Kier molecular flexibility index (Phi) is 9.63. The smallest absolute Gasteiger partial charge is 0.416 e. The first-order valence-corrected chi connectivity index (χ1v) is 12.7. The van der Waals surface area contributed by atoms with Crippen LogP contribution < -0.4 is 4.74 Å². The van der Waals surface area contributed by atoms with Crippen LogP contribution in [-0.4, -0.2) is 43.1 Å². The van der Waals surface area contributed by atoms with E-state index in [0.29, 0.717) is 36.0 Å². The predicted octanol–water partition coefficient (Wildman–Crippen LogP) is 9.21. The van der Waals surface area contributed by atoms with Crippen LogP contribution in [-0.2, 0) is 17.5 Å². The molecular weight excluding hydrogens is 581 g/mol. The number of hydrogen-bond donors (Lipinski definition) is 0. The quantitative estimate of drug-likeness (QED) is 0.221. The molecule has 0 N–H and O–H groups in total. The number of methoxy groups -OCH3 is 1. The third kappa shape index (κ3) is 8.22. The standard InChI is InChI=1S/C29H28F9NO3/c1-16(2)18-5-8-24(41-4)23(13-18)22-7-6-21(29(36,37)38)12-20(22)14-39-15-25(42-26(39)40)19(9-10-27(30,31)32)11-17(3)28(33,34)35/h5-9,11-13,16,25H,10,14-15H2,1-4H3/b17-11+,19-9+. The Balaban J connectivity index is 2.05. The summed E-state index contributed by atoms with van der Waals surface area (Å²) in [5.41, 5.74) is -1.17. The van der Waals surface area contributed by atoms with E-state index < -0.39 is 66.9 Å². The Bertz CT molecular complexity index is 1360. The highest BCUT2D eigenvalue weighted by Crippen LogP contribution is 2.39. The van der Waals surface area contributed by atoms with Crippen LogP contribution in [0.2, 0.25) is 0 Å². The van der Waals surface area contributed by atoms with Crippen LogP contribution in [0, 0.1) is 0 Å². The summed E-state index contributed by atoms with van der Waals surface area (Å²) in [7, 11) is 1.38. The van der Waals surface area contributed by atoms with Crippen LogP contribution in [0.15, 0.2) is 59.7 Å². The van der Waals surface area contributed by atoms with E-state index in [1.165, 1.54) is 13.2 Å². The highest BCUT2D eigenvalue weighted by atomic mass is 19.4. The summed E-state index contributed by atoms with van der Waals surface area (Å²) in [6.45, 7) is 3.52. The highest BCUT2D eigenvalue weighted by Gasteiger charge is 2.38. The number of halogens is 9. The molecule has 0 aromatic heterocycles. The number of carbonyl (C=O) groups excluding carboxylic acids is 1. The van der Waals surface area contributed by atoms with Gasteiger partial charge >= 0.3 is 24.6 Å². The second-order valence-corrected chi connectivity index (χ2v) is 10.1. The van der Waals surface area contributed by atoms with Crippen molar-refractivity contribution in [2.45, 2.75) is 64.3 Å². The average molecular weight is 610 g/mol. The molecule has 1 unspecified atom stereocenters. The summed E-state index contributed by atoms with van der Waals surface area (Å²) in [6, 6.07) is 8.12. The zero-order chi connectivity index (χ0) is 31.6. The van der Waals surface area contributed by atoms with Gasteiger partial charge in [0, 0.05) is 17.7 Å². The van der Waals surface area contributed by atoms with Crippen molar-refractivity contribution < 1.29 is 53.8 Å². The minimum Gasteiger partial charge on any atom is -0.496 e. The molecule has 2 aromatic carbocycles. The monoisotopic (exact) mass is 609 g/mol. The number of alkyl halides is 9. The van der Waals surface area contributed by atoms with E-state index in [9.17, 15) is 44.3 Å². The van der Waals surface area contributed by atoms with Crippen molar-refractivity contribution in [3.05, 3.63) is 76.4 Å². The van der Waals surface area contributed by atoms with Crippen molar-refractivity contribution in [2.24, 2.45) is 0 Å². The maximum Gasteiger partial charge on any atom is 0.416 e. The maximum atomic E-state index is 13.6. The van der Waals surface area contributed by atoms with Gasteiger partial charge in [-0.3, -0.25) is 4.90 Å². The molecule has 1 saturated heterocycles. The fourth-order valence-electron chi connectivity index (χ4n) is 4.32. The molecule has 1 aliphatic heterocycles. The van der Waals surface area contributed by atoms with Gasteiger partial charge in [-0.05, 0) is 65.4 Å². The van der Waals surface area contributed by atoms with E-state index >= 15 is 0 Å². The summed E-state index contributed by atoms with van der Waals surface area (Å²) in [4.78, 5) is 13.7. The van der Waals surface area contributed by atoms with Crippen LogP contribution >= 0.6 is 0 Å². The number of allylic oxidation sites excluding steroid dienone is 2. The number of nitrogens with zero attached hydrogens (tertiary/aromatic N) is 1. The summed E-state index contributed by atoms with van der Waals surface area (Å²) in [5, 5.41) is 0. The lowest BCUT2D eigenvalue weighted by molar-refractivity contribution is -0.137. The fraction of sp³-hybridized carbons (Fsp3) is 0.414. The normalized spacial score (nSPS) is 17.2. The van der Waals surface area contributed by atoms with E-state index in [1.807, 2.05) is 13.8 Å². The lowest BCUT2D eigenvalue weighted by Gasteiger charge is -2.20. The molecule has 1 aliphatic rings. The number of amides is 1. The summed E-state index contributed by atoms with van der Waals surface area (Å²) < 4.78 is 130. The number of hydrogen-bond acceptors (Lipinski definition) is 3. The first-order chi connectivity index (χ1) is 19.3. The SMILES string of the molecule is COc1ccc(C(C)C)cc1-c1ccc(C(F)(F)F)cc1CN1CC(C(=C/CC(F)(F)F)/C=C(\C)C(F)(F)F)OC1=O. The number of rotatable bonds is 8. The third-order valence-electron chi connectivity index (χ3n) is 6.63. The molecule has 0 radical (unpaired) electrons. The minimum atomic E-state index is -4.85. The van der Waals surface area contributed by atoms with Crippen LogP contribution in [0.1, 0.15) is 49.8 Å². The van der Waals surface area contributed by atoms with Crippen LogP contribution in [0.3, 0.4) is 0 Å². The van der Waals surface area contributed by atoms with E-state index in [1.54, 1.807) is 18.2 Å². The summed E-state index contributed by atoms with van der Waals surface area (Å²) in [5.74, 6) is 0.393. The topological polar surface area (TPSA) is 38.8 Å². The molecule has 1 amide bonds. The van der Waals surface area contributed by atoms with Gasteiger partial charge in [-0.15, -0.1) is 0 Å². The number of ether oxygens (including phenoxy) is 2. The van der Waals surface area contributed by atoms with Gasteiger partial charge in [0.1, 0.15) is 11.9 Å². The molecule has 13 heteroatoms. The molecule has 4 nitrogen and oxygen atoms in total. The molecular formula is C29H28F9NO3. The zero-order valence-corrected chi connectivity index (χ0v) is 23.0. The molecule has 0 spiro atoms. The summed E-state index contributed by atoms with van der Waals surface area (Å²) >= 11 is 0. The van der Waals surface area contributed by atoms with Gasteiger partial charge in [-0.25, -0.2) is 4.79 Å². The molecule has 0 bridgehead atoms. The van der Waals surface area contributed by atoms with E-state index in [-0.39, 0.29) is 11.5 Å². The van der Waals surface area contributed by atoms with Crippen LogP contribution in [0.5, 0.6) is 5.75 Å². The van der Waals surface area contributed by atoms with Gasteiger partial charge in [0.05, 0.1) is 25.6 Å². The van der Waals surface area contributed by atoms with Crippen LogP contribution in [0.4, 0.5) is 44.3 Å². The average Bonchev–Trinajstić information content (AvgIpc) is 3.23. The number of cyclic esters (lactones) is 1. The maximum absolute atomic E-state index is 13.6. The van der Waals surface area contributed by atoms with E-state index in [0.717, 1.165) is 22.6 Å². The number of carbonyl (C=O) groups is 1. The van der Waals surface area contributed by atoms with Crippen molar-refractivity contribution in [2.75, 3.05) is 13.7 Å². The van der Waals surface area contributed by atoms with Gasteiger partial charge in [0.25, 0.3) is 0 Å². The van der Waals surface area contributed by atoms with Gasteiger partial charge in [-0.1, -0.05) is 32.1 Å². The van der Waals surface area contributed by atoms with Gasteiger partial charge in [0.2, 0.25) is 0 Å². The van der Waals surface area contributed by atoms with Gasteiger partial charge in [-0.2, -0.15) is 39.5 Å². The van der Waals surface area contributed by atoms with E-state index in [2.05, 4.69) is 0 Å². The van der Waals surface area contributed by atoms with E-state index in [4.69, 9.17) is 9.47 Å². The fourth-order valence-corrected chi connectivity index (χ4v) is 4.32. The van der Waals surface area contributed by atoms with Crippen molar-refractivity contribution >= 4 is 6.09 Å². The largest absolute Gasteiger partial charge is 0.496 e. The minimum absolute atomic E-state index is 0.0180. The third-order valence-corrected chi connectivity index (χ3v) is 6.63. The Morgan fingerprint density at radius 3 is 2.24 bits per heavy atom. The lowest BCUT2D eigenvalue weighted by atomic mass is 9.92. The molecule has 1 atom stereocenters. The molecule has 0 aliphatic carbocycles. The van der Waals surface area contributed by atoms with Gasteiger partial charge < -0.3 is 9.47 Å². The van der Waals surface area contributed by atoms with Gasteiger partial charge in [0.15, 0.2) is 0 Å². The van der Waals surface area contributed by atoms with Crippen LogP contribution in [0.25, 0.3) is 11.1 Å². The first-order valence-electron chi connectivity index (χ1n) is 12.7. The Labute approximate surface area is 236 Å². The van der Waals surface area contributed by atoms with Crippen molar-refractivity contribution in [3.63, 3.8) is 0 Å². The Hall–Kier alpha value is -3.64. The lowest BCUT2D eigenvalue weighted by Crippen LogP contribution is -2.25. The Morgan fingerprint density at radius 1 is 1.02 bits per heavy atom. The Morgan fingerprint density at radius 2 is 1.69 bits per heavy atom. The van der Waals surface area contributed by atoms with Crippen molar-refractivity contribution in [1.29, 1.82) is 0 Å². The molecule has 2 aromatic rings. The molecule has 1 fully saturated rings. The van der Waals surface area contributed by atoms with Crippen molar-refractivity contribution in [3.8, 4) is 16.9 Å². The molecule has 0 saturated carbocycles. The number of benzene rings is 2. The van der Waals surface area contributed by atoms with Crippen molar-refractivity contribution in [1.82, 2.24) is 4.90 Å². The first kappa shape index (κ1) is 32.9.